The number of benzene rings is 1. The van der Waals surface area contributed by atoms with Crippen molar-refractivity contribution in [3.8, 4) is 0 Å². The molecule has 1 aromatic rings. The van der Waals surface area contributed by atoms with E-state index in [-0.39, 0.29) is 5.91 Å². The maximum absolute atomic E-state index is 11.4. The molecule has 0 aromatic heterocycles. The quantitative estimate of drug-likeness (QED) is 0.742. The van der Waals surface area contributed by atoms with Crippen LogP contribution in [0.4, 0.5) is 17.1 Å². The van der Waals surface area contributed by atoms with Crippen molar-refractivity contribution in [2.75, 3.05) is 34.4 Å². The van der Waals surface area contributed by atoms with Gasteiger partial charge >= 0.3 is 0 Å². The van der Waals surface area contributed by atoms with Crippen molar-refractivity contribution in [3.63, 3.8) is 0 Å². The summed E-state index contributed by atoms with van der Waals surface area (Å²) in [5.41, 5.74) is 9.85. The minimum atomic E-state index is 0.0930. The van der Waals surface area contributed by atoms with Crippen molar-refractivity contribution in [1.29, 1.82) is 0 Å². The van der Waals surface area contributed by atoms with E-state index in [9.17, 15) is 4.79 Å². The highest BCUT2D eigenvalue weighted by molar-refractivity contribution is 7.99. The van der Waals surface area contributed by atoms with Crippen LogP contribution in [-0.2, 0) is 11.2 Å². The first-order chi connectivity index (χ1) is 9.22. The summed E-state index contributed by atoms with van der Waals surface area (Å²) in [6, 6.07) is 3.96. The summed E-state index contributed by atoms with van der Waals surface area (Å²) in [5, 5.41) is 6.35. The molecule has 4 N–H and O–H groups in total. The Morgan fingerprint density at radius 1 is 1.42 bits per heavy atom. The molecule has 102 valence electrons. The second kappa shape index (κ2) is 5.33. The normalized spacial score (nSPS) is 21.9. The fraction of sp³-hybridized carbons (Fsp3) is 0.500. The lowest BCUT2D eigenvalue weighted by Crippen LogP contribution is -2.20. The van der Waals surface area contributed by atoms with Gasteiger partial charge in [-0.25, -0.2) is 0 Å². The standard InChI is InChI=1S/C14H19N3OS/c15-11-5-10-1-2-14(18)17-12(10)6-13(11)16-7-9-3-4-19-8-9/h5-6,9,16H,1-4,7-8,15H2,(H,17,18). The molecule has 1 saturated heterocycles. The van der Waals surface area contributed by atoms with Crippen molar-refractivity contribution in [2.24, 2.45) is 5.92 Å². The predicted octanol–water partition coefficient (Wildman–Crippen LogP) is 2.32. The van der Waals surface area contributed by atoms with E-state index in [1.165, 1.54) is 17.9 Å². The van der Waals surface area contributed by atoms with E-state index in [2.05, 4.69) is 10.6 Å². The van der Waals surface area contributed by atoms with Gasteiger partial charge in [0.15, 0.2) is 0 Å². The van der Waals surface area contributed by atoms with Crippen LogP contribution in [0.25, 0.3) is 0 Å². The lowest BCUT2D eigenvalue weighted by Gasteiger charge is -2.20. The zero-order valence-electron chi connectivity index (χ0n) is 10.9. The number of nitrogens with two attached hydrogens (primary N) is 1. The fourth-order valence-electron chi connectivity index (χ4n) is 2.60. The van der Waals surface area contributed by atoms with Gasteiger partial charge in [0.1, 0.15) is 0 Å². The van der Waals surface area contributed by atoms with Crippen LogP contribution in [0.2, 0.25) is 0 Å². The Morgan fingerprint density at radius 3 is 3.11 bits per heavy atom. The summed E-state index contributed by atoms with van der Waals surface area (Å²) >= 11 is 2.02. The number of nitrogen functional groups attached to an aromatic ring is 1. The number of fused-ring (bicyclic) bond motifs is 1. The number of hydrogen-bond acceptors (Lipinski definition) is 4. The van der Waals surface area contributed by atoms with Crippen molar-refractivity contribution in [3.05, 3.63) is 17.7 Å². The van der Waals surface area contributed by atoms with E-state index >= 15 is 0 Å². The first kappa shape index (κ1) is 12.7. The van der Waals surface area contributed by atoms with E-state index < -0.39 is 0 Å². The second-order valence-corrected chi connectivity index (χ2v) is 6.41. The van der Waals surface area contributed by atoms with E-state index in [4.69, 9.17) is 5.73 Å². The van der Waals surface area contributed by atoms with Gasteiger partial charge in [-0.1, -0.05) is 0 Å². The van der Waals surface area contributed by atoms with Gasteiger partial charge in [0.2, 0.25) is 5.91 Å². The van der Waals surface area contributed by atoms with Crippen molar-refractivity contribution in [2.45, 2.75) is 19.3 Å². The summed E-state index contributed by atoms with van der Waals surface area (Å²) in [6.45, 7) is 0.962. The largest absolute Gasteiger partial charge is 0.397 e. The molecule has 1 fully saturated rings. The van der Waals surface area contributed by atoms with E-state index in [1.807, 2.05) is 23.9 Å². The first-order valence-electron chi connectivity index (χ1n) is 6.76. The van der Waals surface area contributed by atoms with Gasteiger partial charge in [0, 0.05) is 18.7 Å². The third-order valence-corrected chi connectivity index (χ3v) is 5.01. The Hall–Kier alpha value is -1.36. The third-order valence-electron chi connectivity index (χ3n) is 3.78. The Bertz CT molecular complexity index is 498. The predicted molar refractivity (Wildman–Crippen MR) is 81.7 cm³/mol. The molecule has 2 heterocycles. The highest BCUT2D eigenvalue weighted by Gasteiger charge is 2.18. The molecule has 2 aliphatic rings. The summed E-state index contributed by atoms with van der Waals surface area (Å²) in [5.74, 6) is 3.32. The van der Waals surface area contributed by atoms with Crippen LogP contribution in [0.5, 0.6) is 0 Å². The Morgan fingerprint density at radius 2 is 2.32 bits per heavy atom. The fourth-order valence-corrected chi connectivity index (χ4v) is 3.88. The van der Waals surface area contributed by atoms with Crippen LogP contribution in [-0.4, -0.2) is 24.0 Å². The molecule has 19 heavy (non-hydrogen) atoms. The number of hydrogen-bond donors (Lipinski definition) is 3. The Balaban J connectivity index is 1.73. The number of amides is 1. The molecule has 1 amide bonds. The van der Waals surface area contributed by atoms with Crippen LogP contribution in [0.1, 0.15) is 18.4 Å². The molecular weight excluding hydrogens is 258 g/mol. The molecule has 1 aromatic carbocycles. The molecule has 1 atom stereocenters. The average Bonchev–Trinajstić information content (AvgIpc) is 2.90. The van der Waals surface area contributed by atoms with Crippen LogP contribution in [0.3, 0.4) is 0 Å². The SMILES string of the molecule is Nc1cc2c(cc1NCC1CCSC1)NC(=O)CC2. The van der Waals surface area contributed by atoms with Gasteiger partial charge in [-0.15, -0.1) is 0 Å². The monoisotopic (exact) mass is 277 g/mol. The average molecular weight is 277 g/mol. The molecular formula is C14H19N3OS. The topological polar surface area (TPSA) is 67.2 Å². The van der Waals surface area contributed by atoms with E-state index in [0.717, 1.165) is 41.5 Å². The van der Waals surface area contributed by atoms with Crippen LogP contribution >= 0.6 is 11.8 Å². The first-order valence-corrected chi connectivity index (χ1v) is 7.91. The maximum Gasteiger partial charge on any atom is 0.224 e. The van der Waals surface area contributed by atoms with Crippen molar-refractivity contribution < 1.29 is 4.79 Å². The zero-order valence-corrected chi connectivity index (χ0v) is 11.7. The van der Waals surface area contributed by atoms with Gasteiger partial charge in [0.25, 0.3) is 0 Å². The Labute approximate surface area is 117 Å². The maximum atomic E-state index is 11.4. The molecule has 5 heteroatoms. The molecule has 0 aliphatic carbocycles. The van der Waals surface area contributed by atoms with Crippen molar-refractivity contribution in [1.82, 2.24) is 0 Å². The van der Waals surface area contributed by atoms with Gasteiger partial charge < -0.3 is 16.4 Å². The van der Waals surface area contributed by atoms with E-state index in [1.54, 1.807) is 0 Å². The van der Waals surface area contributed by atoms with Gasteiger partial charge in [0.05, 0.1) is 11.4 Å². The summed E-state index contributed by atoms with van der Waals surface area (Å²) in [6.07, 6.45) is 2.61. The van der Waals surface area contributed by atoms with Crippen molar-refractivity contribution >= 4 is 34.7 Å². The number of thioether (sulfide) groups is 1. The lowest BCUT2D eigenvalue weighted by atomic mass is 10.0. The number of anilines is 3. The number of nitrogens with one attached hydrogen (secondary N) is 2. The number of aryl methyl sites for hydroxylation is 1. The van der Waals surface area contributed by atoms with Gasteiger partial charge in [-0.3, -0.25) is 4.79 Å². The van der Waals surface area contributed by atoms with Crippen LogP contribution < -0.4 is 16.4 Å². The highest BCUT2D eigenvalue weighted by atomic mass is 32.2. The Kier molecular flexibility index (Phi) is 3.55. The molecule has 3 rings (SSSR count). The second-order valence-electron chi connectivity index (χ2n) is 5.26. The van der Waals surface area contributed by atoms with Gasteiger partial charge in [-0.05, 0) is 48.0 Å². The van der Waals surface area contributed by atoms with Crippen LogP contribution in [0.15, 0.2) is 12.1 Å². The van der Waals surface area contributed by atoms with Crippen LogP contribution in [0, 0.1) is 5.92 Å². The minimum absolute atomic E-state index is 0.0930. The number of carbonyl (C=O) groups is 1. The van der Waals surface area contributed by atoms with E-state index in [0.29, 0.717) is 6.42 Å². The summed E-state index contributed by atoms with van der Waals surface area (Å²) < 4.78 is 0. The lowest BCUT2D eigenvalue weighted by molar-refractivity contribution is -0.116. The smallest absolute Gasteiger partial charge is 0.224 e. The summed E-state index contributed by atoms with van der Waals surface area (Å²) in [7, 11) is 0. The minimum Gasteiger partial charge on any atom is -0.397 e. The number of rotatable bonds is 3. The highest BCUT2D eigenvalue weighted by Crippen LogP contribution is 2.32. The zero-order chi connectivity index (χ0) is 13.2. The summed E-state index contributed by atoms with van der Waals surface area (Å²) in [4.78, 5) is 11.4. The molecule has 0 saturated carbocycles. The molecule has 0 radical (unpaired) electrons. The molecule has 0 bridgehead atoms. The number of carbonyl (C=O) groups excluding carboxylic acids is 1. The molecule has 0 spiro atoms. The molecule has 1 unspecified atom stereocenters. The third kappa shape index (κ3) is 2.81. The van der Waals surface area contributed by atoms with Gasteiger partial charge in [-0.2, -0.15) is 11.8 Å². The molecule has 4 nitrogen and oxygen atoms in total. The molecule has 2 aliphatic heterocycles.